The molecule has 0 radical (unpaired) electrons. The van der Waals surface area contributed by atoms with Gasteiger partial charge in [-0.3, -0.25) is 4.79 Å². The van der Waals surface area contributed by atoms with Crippen molar-refractivity contribution in [1.82, 2.24) is 5.32 Å². The third-order valence-corrected chi connectivity index (χ3v) is 2.33. The maximum absolute atomic E-state index is 10.5. The van der Waals surface area contributed by atoms with Gasteiger partial charge in [-0.05, 0) is 25.8 Å². The highest BCUT2D eigenvalue weighted by Crippen LogP contribution is 2.28. The Balaban J connectivity index is 1.83. The first-order valence-corrected chi connectivity index (χ1v) is 4.49. The fourth-order valence-corrected chi connectivity index (χ4v) is 1.35. The van der Waals surface area contributed by atoms with E-state index in [2.05, 4.69) is 5.32 Å². The van der Waals surface area contributed by atoms with Crippen molar-refractivity contribution in [2.45, 2.75) is 32.6 Å². The topological polar surface area (TPSA) is 29.1 Å². The van der Waals surface area contributed by atoms with Gasteiger partial charge in [-0.25, -0.2) is 0 Å². The zero-order valence-corrected chi connectivity index (χ0v) is 7.23. The van der Waals surface area contributed by atoms with Gasteiger partial charge in [0, 0.05) is 0 Å². The van der Waals surface area contributed by atoms with Crippen molar-refractivity contribution >= 4 is 5.78 Å². The van der Waals surface area contributed by atoms with Crippen molar-refractivity contribution in [3.63, 3.8) is 0 Å². The molecule has 0 heterocycles. The molecule has 0 aliphatic heterocycles. The van der Waals surface area contributed by atoms with Gasteiger partial charge in [0.1, 0.15) is 5.78 Å². The van der Waals surface area contributed by atoms with Crippen LogP contribution in [-0.4, -0.2) is 18.9 Å². The number of hydrogen-bond donors (Lipinski definition) is 1. The molecule has 1 rings (SSSR count). The van der Waals surface area contributed by atoms with Crippen LogP contribution < -0.4 is 5.32 Å². The lowest BCUT2D eigenvalue weighted by atomic mass is 9.83. The summed E-state index contributed by atoms with van der Waals surface area (Å²) >= 11 is 0. The van der Waals surface area contributed by atoms with Gasteiger partial charge < -0.3 is 5.32 Å². The van der Waals surface area contributed by atoms with Gasteiger partial charge in [-0.15, -0.1) is 0 Å². The molecule has 0 aromatic heterocycles. The second-order valence-electron chi connectivity index (χ2n) is 3.46. The first-order chi connectivity index (χ1) is 5.29. The molecule has 11 heavy (non-hydrogen) atoms. The molecule has 0 unspecified atom stereocenters. The highest BCUT2D eigenvalue weighted by molar-refractivity contribution is 5.77. The molecule has 0 aromatic carbocycles. The Kier molecular flexibility index (Phi) is 3.57. The molecular formula is C9H17NO. The lowest BCUT2D eigenvalue weighted by Crippen LogP contribution is -2.25. The largest absolute Gasteiger partial charge is 0.310 e. The van der Waals surface area contributed by atoms with Gasteiger partial charge in [0.25, 0.3) is 0 Å². The molecule has 0 spiro atoms. The van der Waals surface area contributed by atoms with E-state index < -0.39 is 0 Å². The number of carbonyl (C=O) groups excluding carboxylic acids is 1. The third-order valence-electron chi connectivity index (χ3n) is 2.33. The van der Waals surface area contributed by atoms with Crippen molar-refractivity contribution in [2.75, 3.05) is 13.1 Å². The van der Waals surface area contributed by atoms with Crippen LogP contribution in [-0.2, 0) is 4.79 Å². The highest BCUT2D eigenvalue weighted by Gasteiger charge is 2.15. The predicted octanol–water partition coefficient (Wildman–Crippen LogP) is 1.36. The first-order valence-electron chi connectivity index (χ1n) is 4.49. The lowest BCUT2D eigenvalue weighted by Gasteiger charge is -2.24. The summed E-state index contributed by atoms with van der Waals surface area (Å²) in [7, 11) is 0. The lowest BCUT2D eigenvalue weighted by molar-refractivity contribution is -0.116. The number of rotatable bonds is 5. The molecular weight excluding hydrogens is 138 g/mol. The van der Waals surface area contributed by atoms with E-state index in [-0.39, 0.29) is 5.78 Å². The highest BCUT2D eigenvalue weighted by atomic mass is 16.1. The Morgan fingerprint density at radius 2 is 2.27 bits per heavy atom. The smallest absolute Gasteiger partial charge is 0.143 e. The standard InChI is InChI=1S/C9H17NO/c1-8(11)7-10-6-5-9-3-2-4-9/h9-10H,2-7H2,1H3. The van der Waals surface area contributed by atoms with Crippen molar-refractivity contribution in [3.8, 4) is 0 Å². The molecule has 1 aliphatic carbocycles. The van der Waals surface area contributed by atoms with Crippen molar-refractivity contribution in [2.24, 2.45) is 5.92 Å². The molecule has 0 aromatic rings. The number of hydrogen-bond acceptors (Lipinski definition) is 2. The molecule has 1 N–H and O–H groups in total. The SMILES string of the molecule is CC(=O)CNCCC1CCC1. The van der Waals surface area contributed by atoms with Gasteiger partial charge in [0.2, 0.25) is 0 Å². The second-order valence-corrected chi connectivity index (χ2v) is 3.46. The van der Waals surface area contributed by atoms with Crippen LogP contribution in [0, 0.1) is 5.92 Å². The van der Waals surface area contributed by atoms with Crippen molar-refractivity contribution < 1.29 is 4.79 Å². The molecule has 0 amide bonds. The predicted molar refractivity (Wildman–Crippen MR) is 45.5 cm³/mol. The quantitative estimate of drug-likeness (QED) is 0.607. The molecule has 2 heteroatoms. The fourth-order valence-electron chi connectivity index (χ4n) is 1.35. The maximum atomic E-state index is 10.5. The Labute approximate surface area is 68.4 Å². The van der Waals surface area contributed by atoms with E-state index in [9.17, 15) is 4.79 Å². The summed E-state index contributed by atoms with van der Waals surface area (Å²) in [6.45, 7) is 3.19. The minimum atomic E-state index is 0.235. The molecule has 0 bridgehead atoms. The van der Waals surface area contributed by atoms with Crippen LogP contribution in [0.2, 0.25) is 0 Å². The average molecular weight is 155 g/mol. The zero-order chi connectivity index (χ0) is 8.10. The monoisotopic (exact) mass is 155 g/mol. The van der Waals surface area contributed by atoms with E-state index >= 15 is 0 Å². The third kappa shape index (κ3) is 3.51. The Hall–Kier alpha value is -0.370. The zero-order valence-electron chi connectivity index (χ0n) is 7.23. The normalized spacial score (nSPS) is 17.9. The molecule has 1 fully saturated rings. The minimum Gasteiger partial charge on any atom is -0.310 e. The Bertz CT molecular complexity index is 130. The number of carbonyl (C=O) groups is 1. The molecule has 2 nitrogen and oxygen atoms in total. The Morgan fingerprint density at radius 1 is 1.55 bits per heavy atom. The summed E-state index contributed by atoms with van der Waals surface area (Å²) in [6, 6.07) is 0. The van der Waals surface area contributed by atoms with Gasteiger partial charge in [0.15, 0.2) is 0 Å². The number of nitrogens with one attached hydrogen (secondary N) is 1. The molecule has 64 valence electrons. The summed E-state index contributed by atoms with van der Waals surface area (Å²) in [4.78, 5) is 10.5. The van der Waals surface area contributed by atoms with Gasteiger partial charge in [0.05, 0.1) is 6.54 Å². The minimum absolute atomic E-state index is 0.235. The maximum Gasteiger partial charge on any atom is 0.143 e. The molecule has 1 saturated carbocycles. The summed E-state index contributed by atoms with van der Waals surface area (Å²) < 4.78 is 0. The van der Waals surface area contributed by atoms with Gasteiger partial charge >= 0.3 is 0 Å². The van der Waals surface area contributed by atoms with Crippen LogP contribution in [0.5, 0.6) is 0 Å². The van der Waals surface area contributed by atoms with Gasteiger partial charge in [-0.1, -0.05) is 19.3 Å². The van der Waals surface area contributed by atoms with Crippen LogP contribution >= 0.6 is 0 Å². The van der Waals surface area contributed by atoms with Crippen molar-refractivity contribution in [3.05, 3.63) is 0 Å². The van der Waals surface area contributed by atoms with Crippen LogP contribution in [0.1, 0.15) is 32.6 Å². The molecule has 0 atom stereocenters. The van der Waals surface area contributed by atoms with Crippen LogP contribution in [0.3, 0.4) is 0 Å². The number of ketones is 1. The van der Waals surface area contributed by atoms with Crippen LogP contribution in [0.15, 0.2) is 0 Å². The molecule has 1 aliphatic rings. The van der Waals surface area contributed by atoms with Gasteiger partial charge in [-0.2, -0.15) is 0 Å². The fraction of sp³-hybridized carbons (Fsp3) is 0.889. The summed E-state index contributed by atoms with van der Waals surface area (Å²) in [5.41, 5.74) is 0. The Morgan fingerprint density at radius 3 is 2.73 bits per heavy atom. The van der Waals surface area contributed by atoms with E-state index in [4.69, 9.17) is 0 Å². The van der Waals surface area contributed by atoms with Crippen molar-refractivity contribution in [1.29, 1.82) is 0 Å². The van der Waals surface area contributed by atoms with Crippen LogP contribution in [0.4, 0.5) is 0 Å². The van der Waals surface area contributed by atoms with E-state index in [1.54, 1.807) is 6.92 Å². The second kappa shape index (κ2) is 4.50. The van der Waals surface area contributed by atoms with E-state index in [1.807, 2.05) is 0 Å². The van der Waals surface area contributed by atoms with Crippen LogP contribution in [0.25, 0.3) is 0 Å². The summed E-state index contributed by atoms with van der Waals surface area (Å²) in [6.07, 6.45) is 5.48. The molecule has 0 saturated heterocycles. The number of Topliss-reactive ketones (excluding diaryl/α,β-unsaturated/α-hetero) is 1. The average Bonchev–Trinajstić information content (AvgIpc) is 1.82. The van der Waals surface area contributed by atoms with E-state index in [1.165, 1.54) is 25.7 Å². The van der Waals surface area contributed by atoms with E-state index in [0.717, 1.165) is 12.5 Å². The first kappa shape index (κ1) is 8.72. The summed E-state index contributed by atoms with van der Waals surface area (Å²) in [5.74, 6) is 1.19. The summed E-state index contributed by atoms with van der Waals surface area (Å²) in [5, 5.41) is 3.13. The van der Waals surface area contributed by atoms with E-state index in [0.29, 0.717) is 6.54 Å².